The Hall–Kier alpha value is -0.550. The monoisotopic (exact) mass is 271 g/mol. The number of hydrogen-bond donors (Lipinski definition) is 1. The van der Waals surface area contributed by atoms with Crippen LogP contribution in [0.25, 0.3) is 0 Å². The molecule has 1 rings (SSSR count). The van der Waals surface area contributed by atoms with Gasteiger partial charge in [-0.1, -0.05) is 32.9 Å². The van der Waals surface area contributed by atoms with Crippen LogP contribution < -0.4 is 5.73 Å². The molecule has 0 saturated heterocycles. The van der Waals surface area contributed by atoms with Gasteiger partial charge in [0.2, 0.25) is 5.89 Å². The fraction of sp³-hybridized carbons (Fsp3) is 0.846. The first kappa shape index (κ1) is 15.5. The van der Waals surface area contributed by atoms with E-state index in [0.717, 1.165) is 30.2 Å². The second-order valence-corrected chi connectivity index (χ2v) is 6.15. The van der Waals surface area contributed by atoms with Crippen molar-refractivity contribution in [2.24, 2.45) is 11.7 Å². The number of rotatable bonds is 8. The highest BCUT2D eigenvalue weighted by atomic mass is 32.2. The first-order valence-electron chi connectivity index (χ1n) is 6.68. The number of hydrogen-bond acceptors (Lipinski definition) is 5. The molecule has 0 amide bonds. The molecule has 1 aromatic heterocycles. The molecule has 1 heterocycles. The minimum atomic E-state index is -0.145. The molecular weight excluding hydrogens is 246 g/mol. The average Bonchev–Trinajstić information content (AvgIpc) is 2.81. The molecule has 0 aliphatic heterocycles. The normalized spacial score (nSPS) is 12.3. The van der Waals surface area contributed by atoms with E-state index in [2.05, 4.69) is 37.8 Å². The zero-order valence-electron chi connectivity index (χ0n) is 11.9. The molecule has 0 spiro atoms. The van der Waals surface area contributed by atoms with Gasteiger partial charge in [-0.2, -0.15) is 16.7 Å². The van der Waals surface area contributed by atoms with Crippen LogP contribution in [0.2, 0.25) is 0 Å². The summed E-state index contributed by atoms with van der Waals surface area (Å²) in [6.45, 7) is 9.22. The minimum Gasteiger partial charge on any atom is -0.339 e. The summed E-state index contributed by atoms with van der Waals surface area (Å²) in [4.78, 5) is 4.51. The third-order valence-corrected chi connectivity index (χ3v) is 4.71. The van der Waals surface area contributed by atoms with Gasteiger partial charge < -0.3 is 10.3 Å². The molecule has 104 valence electrons. The number of nitrogens with two attached hydrogens (primary N) is 1. The van der Waals surface area contributed by atoms with Crippen molar-refractivity contribution >= 4 is 11.8 Å². The number of thioether (sulfide) groups is 1. The predicted molar refractivity (Wildman–Crippen MR) is 76.6 cm³/mol. The van der Waals surface area contributed by atoms with Crippen molar-refractivity contribution in [3.8, 4) is 0 Å². The van der Waals surface area contributed by atoms with Crippen molar-refractivity contribution in [2.45, 2.75) is 51.7 Å². The molecule has 0 saturated carbocycles. The fourth-order valence-electron chi connectivity index (χ4n) is 1.84. The Balaban J connectivity index is 2.67. The Morgan fingerprint density at radius 3 is 2.50 bits per heavy atom. The van der Waals surface area contributed by atoms with E-state index >= 15 is 0 Å². The third kappa shape index (κ3) is 3.72. The summed E-state index contributed by atoms with van der Waals surface area (Å²) < 4.78 is 5.41. The summed E-state index contributed by atoms with van der Waals surface area (Å²) in [6.07, 6.45) is 1.86. The van der Waals surface area contributed by atoms with E-state index in [1.807, 2.05) is 11.8 Å². The van der Waals surface area contributed by atoms with Crippen molar-refractivity contribution in [1.29, 1.82) is 0 Å². The molecule has 4 nitrogen and oxygen atoms in total. The summed E-state index contributed by atoms with van der Waals surface area (Å²) in [7, 11) is 0. The van der Waals surface area contributed by atoms with Crippen molar-refractivity contribution in [2.75, 3.05) is 12.3 Å². The molecule has 0 aliphatic rings. The lowest BCUT2D eigenvalue weighted by molar-refractivity contribution is 0.266. The van der Waals surface area contributed by atoms with Crippen LogP contribution in [0, 0.1) is 5.92 Å². The average molecular weight is 271 g/mol. The lowest BCUT2D eigenvalue weighted by Gasteiger charge is -2.24. The van der Waals surface area contributed by atoms with Gasteiger partial charge in [-0.15, -0.1) is 0 Å². The van der Waals surface area contributed by atoms with Gasteiger partial charge >= 0.3 is 0 Å². The number of nitrogens with zero attached hydrogens (tertiary/aromatic N) is 2. The Morgan fingerprint density at radius 1 is 1.33 bits per heavy atom. The van der Waals surface area contributed by atoms with Crippen LogP contribution in [0.4, 0.5) is 0 Å². The number of aromatic nitrogens is 2. The van der Waals surface area contributed by atoms with Gasteiger partial charge in [0, 0.05) is 6.54 Å². The highest BCUT2D eigenvalue weighted by Crippen LogP contribution is 2.29. The summed E-state index contributed by atoms with van der Waals surface area (Å²) in [5.41, 5.74) is 5.73. The second kappa shape index (κ2) is 7.14. The SMILES string of the molecule is CCC(CC)(CN)c1nc(CSCC(C)C)no1. The smallest absolute Gasteiger partial charge is 0.234 e. The fourth-order valence-corrected chi connectivity index (χ4v) is 2.73. The third-order valence-electron chi connectivity index (χ3n) is 3.35. The van der Waals surface area contributed by atoms with Crippen LogP contribution in [-0.4, -0.2) is 22.4 Å². The van der Waals surface area contributed by atoms with Crippen LogP contribution in [-0.2, 0) is 11.2 Å². The first-order valence-corrected chi connectivity index (χ1v) is 7.84. The van der Waals surface area contributed by atoms with Crippen LogP contribution in [0.15, 0.2) is 4.52 Å². The van der Waals surface area contributed by atoms with Gasteiger partial charge in [0.15, 0.2) is 5.82 Å². The van der Waals surface area contributed by atoms with Crippen molar-refractivity contribution in [3.63, 3.8) is 0 Å². The topological polar surface area (TPSA) is 64.9 Å². The standard InChI is InChI=1S/C13H25N3OS/c1-5-13(6-2,9-14)12-15-11(16-17-12)8-18-7-10(3)4/h10H,5-9,14H2,1-4H3. The van der Waals surface area contributed by atoms with E-state index in [1.54, 1.807) is 0 Å². The van der Waals surface area contributed by atoms with E-state index < -0.39 is 0 Å². The van der Waals surface area contributed by atoms with Crippen LogP contribution in [0.1, 0.15) is 52.3 Å². The first-order chi connectivity index (χ1) is 8.57. The van der Waals surface area contributed by atoms with Crippen molar-refractivity contribution in [3.05, 3.63) is 11.7 Å². The molecule has 1 aromatic rings. The maximum atomic E-state index is 5.88. The molecule has 5 heteroatoms. The highest BCUT2D eigenvalue weighted by Gasteiger charge is 2.33. The van der Waals surface area contributed by atoms with Crippen LogP contribution >= 0.6 is 11.8 Å². The molecule has 0 radical (unpaired) electrons. The van der Waals surface area contributed by atoms with Crippen molar-refractivity contribution in [1.82, 2.24) is 10.1 Å². The highest BCUT2D eigenvalue weighted by molar-refractivity contribution is 7.98. The maximum absolute atomic E-state index is 5.88. The van der Waals surface area contributed by atoms with Crippen LogP contribution in [0.5, 0.6) is 0 Å². The summed E-state index contributed by atoms with van der Waals surface area (Å²) in [5.74, 6) is 4.12. The summed E-state index contributed by atoms with van der Waals surface area (Å²) in [6, 6.07) is 0. The lowest BCUT2D eigenvalue weighted by Crippen LogP contribution is -2.34. The van der Waals surface area contributed by atoms with Crippen molar-refractivity contribution < 1.29 is 4.52 Å². The van der Waals surface area contributed by atoms with E-state index in [0.29, 0.717) is 18.4 Å². The molecule has 0 aromatic carbocycles. The van der Waals surface area contributed by atoms with E-state index in [1.165, 1.54) is 0 Å². The minimum absolute atomic E-state index is 0.145. The van der Waals surface area contributed by atoms with E-state index in [9.17, 15) is 0 Å². The largest absolute Gasteiger partial charge is 0.339 e. The van der Waals surface area contributed by atoms with Gasteiger partial charge in [0.1, 0.15) is 0 Å². The molecule has 0 atom stereocenters. The van der Waals surface area contributed by atoms with Gasteiger partial charge in [-0.25, -0.2) is 0 Å². The van der Waals surface area contributed by atoms with Gasteiger partial charge in [0.05, 0.1) is 11.2 Å². The summed E-state index contributed by atoms with van der Waals surface area (Å²) >= 11 is 1.84. The van der Waals surface area contributed by atoms with Gasteiger partial charge in [0.25, 0.3) is 0 Å². The molecular formula is C13H25N3OS. The molecule has 0 bridgehead atoms. The second-order valence-electron chi connectivity index (χ2n) is 5.12. The Bertz CT molecular complexity index is 339. The Morgan fingerprint density at radius 2 is 2.00 bits per heavy atom. The summed E-state index contributed by atoms with van der Waals surface area (Å²) in [5, 5.41) is 4.06. The predicted octanol–water partition coefficient (Wildman–Crippen LogP) is 2.98. The van der Waals surface area contributed by atoms with E-state index in [-0.39, 0.29) is 5.41 Å². The zero-order valence-corrected chi connectivity index (χ0v) is 12.7. The Labute approximate surface area is 114 Å². The Kier molecular flexibility index (Phi) is 6.15. The lowest BCUT2D eigenvalue weighted by atomic mass is 9.82. The van der Waals surface area contributed by atoms with Gasteiger partial charge in [-0.05, 0) is 24.5 Å². The molecule has 18 heavy (non-hydrogen) atoms. The van der Waals surface area contributed by atoms with Crippen LogP contribution in [0.3, 0.4) is 0 Å². The maximum Gasteiger partial charge on any atom is 0.234 e. The zero-order chi connectivity index (χ0) is 13.6. The molecule has 0 aliphatic carbocycles. The molecule has 2 N–H and O–H groups in total. The van der Waals surface area contributed by atoms with Gasteiger partial charge in [-0.3, -0.25) is 0 Å². The quantitative estimate of drug-likeness (QED) is 0.787. The molecule has 0 fully saturated rings. The van der Waals surface area contributed by atoms with E-state index in [4.69, 9.17) is 10.3 Å². The molecule has 0 unspecified atom stereocenters.